The molecule has 2 aromatic carbocycles. The first kappa shape index (κ1) is 19.2. The van der Waals surface area contributed by atoms with Gasteiger partial charge < -0.3 is 24.8 Å². The molecule has 2 N–H and O–H groups in total. The highest BCUT2D eigenvalue weighted by molar-refractivity contribution is 5.65. The van der Waals surface area contributed by atoms with Crippen molar-refractivity contribution < 1.29 is 18.6 Å². The van der Waals surface area contributed by atoms with Crippen LogP contribution in [0.15, 0.2) is 42.6 Å². The van der Waals surface area contributed by atoms with Gasteiger partial charge in [-0.3, -0.25) is 0 Å². The van der Waals surface area contributed by atoms with Gasteiger partial charge in [0.2, 0.25) is 11.7 Å². The maximum Gasteiger partial charge on any atom is 0.249 e. The zero-order valence-electron chi connectivity index (χ0n) is 15.7. The van der Waals surface area contributed by atoms with Gasteiger partial charge in [0.15, 0.2) is 17.3 Å². The number of rotatable bonds is 8. The van der Waals surface area contributed by atoms with Crippen molar-refractivity contribution in [2.45, 2.75) is 6.54 Å². The first-order chi connectivity index (χ1) is 13.6. The predicted molar refractivity (Wildman–Crippen MR) is 103 cm³/mol. The molecular weight excluding hydrogens is 365 g/mol. The third kappa shape index (κ3) is 4.56. The molecule has 9 heteroatoms. The highest BCUT2D eigenvalue weighted by Gasteiger charge is 2.14. The number of aromatic nitrogens is 3. The summed E-state index contributed by atoms with van der Waals surface area (Å²) in [5.74, 6) is 2.03. The predicted octanol–water partition coefficient (Wildman–Crippen LogP) is 3.39. The number of benzene rings is 2. The van der Waals surface area contributed by atoms with Crippen molar-refractivity contribution in [3.63, 3.8) is 0 Å². The molecule has 146 valence electrons. The largest absolute Gasteiger partial charge is 0.493 e. The minimum Gasteiger partial charge on any atom is -0.493 e. The lowest BCUT2D eigenvalue weighted by Crippen LogP contribution is -2.06. The van der Waals surface area contributed by atoms with Crippen molar-refractivity contribution in [1.29, 1.82) is 0 Å². The number of halogens is 1. The number of methoxy groups -OCH3 is 3. The topological polar surface area (TPSA) is 90.4 Å². The molecule has 0 atom stereocenters. The second-order valence-corrected chi connectivity index (χ2v) is 5.68. The van der Waals surface area contributed by atoms with Crippen LogP contribution < -0.4 is 24.8 Å². The Bertz CT molecular complexity index is 912. The molecule has 0 aliphatic heterocycles. The summed E-state index contributed by atoms with van der Waals surface area (Å²) in [5, 5.41) is 14.1. The molecule has 0 saturated heterocycles. The fraction of sp³-hybridized carbons (Fsp3) is 0.211. The lowest BCUT2D eigenvalue weighted by molar-refractivity contribution is 0.324. The lowest BCUT2D eigenvalue weighted by Gasteiger charge is -2.14. The fourth-order valence-corrected chi connectivity index (χ4v) is 2.52. The molecule has 0 aliphatic rings. The van der Waals surface area contributed by atoms with Gasteiger partial charge >= 0.3 is 0 Å². The van der Waals surface area contributed by atoms with E-state index in [2.05, 4.69) is 25.8 Å². The summed E-state index contributed by atoms with van der Waals surface area (Å²) < 4.78 is 29.0. The van der Waals surface area contributed by atoms with Crippen molar-refractivity contribution in [3.05, 3.63) is 54.0 Å². The van der Waals surface area contributed by atoms with Crippen LogP contribution in [0.4, 0.5) is 21.8 Å². The van der Waals surface area contributed by atoms with Crippen molar-refractivity contribution in [2.24, 2.45) is 0 Å². The van der Waals surface area contributed by atoms with Gasteiger partial charge in [0.05, 0.1) is 27.5 Å². The van der Waals surface area contributed by atoms with Crippen molar-refractivity contribution in [1.82, 2.24) is 15.2 Å². The molecule has 3 rings (SSSR count). The quantitative estimate of drug-likeness (QED) is 0.610. The molecule has 8 nitrogen and oxygen atoms in total. The molecule has 0 fully saturated rings. The minimum absolute atomic E-state index is 0.274. The monoisotopic (exact) mass is 385 g/mol. The Morgan fingerprint density at radius 2 is 1.64 bits per heavy atom. The summed E-state index contributed by atoms with van der Waals surface area (Å²) >= 11 is 0. The summed E-state index contributed by atoms with van der Waals surface area (Å²) in [4.78, 5) is 4.37. The van der Waals surface area contributed by atoms with E-state index in [1.807, 2.05) is 0 Å². The van der Waals surface area contributed by atoms with E-state index in [4.69, 9.17) is 14.2 Å². The zero-order chi connectivity index (χ0) is 19.9. The second-order valence-electron chi connectivity index (χ2n) is 5.68. The highest BCUT2D eigenvalue weighted by Crippen LogP contribution is 2.40. The van der Waals surface area contributed by atoms with E-state index < -0.39 is 0 Å². The normalized spacial score (nSPS) is 10.3. The van der Waals surface area contributed by atoms with Crippen LogP contribution in [0.1, 0.15) is 5.56 Å². The number of nitrogens with zero attached hydrogens (tertiary/aromatic N) is 3. The van der Waals surface area contributed by atoms with Crippen LogP contribution in [0.2, 0.25) is 0 Å². The van der Waals surface area contributed by atoms with E-state index in [0.717, 1.165) is 5.56 Å². The van der Waals surface area contributed by atoms with Gasteiger partial charge in [-0.2, -0.15) is 10.1 Å². The summed E-state index contributed by atoms with van der Waals surface area (Å²) in [6.07, 6.45) is 1.50. The molecule has 0 bridgehead atoms. The van der Waals surface area contributed by atoms with Crippen molar-refractivity contribution in [2.75, 3.05) is 32.0 Å². The van der Waals surface area contributed by atoms with Gasteiger partial charge in [0, 0.05) is 24.4 Å². The Hall–Kier alpha value is -3.62. The average molecular weight is 385 g/mol. The lowest BCUT2D eigenvalue weighted by atomic mass is 10.2. The number of ether oxygens (including phenoxy) is 3. The summed E-state index contributed by atoms with van der Waals surface area (Å²) in [6, 6.07) is 9.70. The average Bonchev–Trinajstić information content (AvgIpc) is 2.73. The molecule has 0 aliphatic carbocycles. The number of anilines is 3. The fourth-order valence-electron chi connectivity index (χ4n) is 2.52. The number of nitrogens with one attached hydrogen (secondary N) is 2. The summed E-state index contributed by atoms with van der Waals surface area (Å²) in [5.41, 5.74) is 1.56. The van der Waals surface area contributed by atoms with Gasteiger partial charge in [-0.05, 0) is 17.7 Å². The molecule has 1 aromatic heterocycles. The van der Waals surface area contributed by atoms with Gasteiger partial charge in [-0.15, -0.1) is 5.10 Å². The van der Waals surface area contributed by atoms with Crippen molar-refractivity contribution in [3.8, 4) is 17.2 Å². The van der Waals surface area contributed by atoms with E-state index in [1.54, 1.807) is 38.5 Å². The summed E-state index contributed by atoms with van der Waals surface area (Å²) in [6.45, 7) is 0.475. The van der Waals surface area contributed by atoms with Gasteiger partial charge in [0.25, 0.3) is 0 Å². The van der Waals surface area contributed by atoms with Crippen LogP contribution in [-0.4, -0.2) is 36.5 Å². The molecule has 3 aromatic rings. The van der Waals surface area contributed by atoms with Crippen LogP contribution in [0.25, 0.3) is 0 Å². The highest BCUT2D eigenvalue weighted by atomic mass is 19.1. The van der Waals surface area contributed by atoms with Gasteiger partial charge in [-0.25, -0.2) is 4.39 Å². The van der Waals surface area contributed by atoms with E-state index in [0.29, 0.717) is 41.2 Å². The minimum atomic E-state index is -0.274. The Labute approximate surface area is 161 Å². The Balaban J connectivity index is 1.74. The molecule has 28 heavy (non-hydrogen) atoms. The molecular formula is C19H20FN5O3. The standard InChI is InChI=1S/C19H20FN5O3/c1-26-15-8-14(9-16(27-2)18(15)28-3)23-19-24-17(11-22-25-19)21-10-12-4-6-13(20)7-5-12/h4-9,11H,10H2,1-3H3,(H2,21,23,24,25). The smallest absolute Gasteiger partial charge is 0.249 e. The maximum absolute atomic E-state index is 13.0. The molecule has 0 saturated carbocycles. The van der Waals surface area contributed by atoms with Crippen molar-refractivity contribution >= 4 is 17.5 Å². The number of hydrogen-bond donors (Lipinski definition) is 2. The van der Waals surface area contributed by atoms with E-state index in [1.165, 1.54) is 25.4 Å². The van der Waals surface area contributed by atoms with Gasteiger partial charge in [0.1, 0.15) is 5.82 Å². The molecule has 1 heterocycles. The van der Waals surface area contributed by atoms with E-state index >= 15 is 0 Å². The molecule has 0 unspecified atom stereocenters. The molecule has 0 radical (unpaired) electrons. The van der Waals surface area contributed by atoms with Crippen LogP contribution in [-0.2, 0) is 6.54 Å². The Morgan fingerprint density at radius 3 is 2.25 bits per heavy atom. The van der Waals surface area contributed by atoms with E-state index in [-0.39, 0.29) is 5.82 Å². The van der Waals surface area contributed by atoms with Gasteiger partial charge in [-0.1, -0.05) is 12.1 Å². The van der Waals surface area contributed by atoms with Crippen LogP contribution in [0, 0.1) is 5.82 Å². The second kappa shape index (κ2) is 8.85. The van der Waals surface area contributed by atoms with Crippen LogP contribution in [0.3, 0.4) is 0 Å². The molecule has 0 amide bonds. The SMILES string of the molecule is COc1cc(Nc2nncc(NCc3ccc(F)cc3)n2)cc(OC)c1OC. The van der Waals surface area contributed by atoms with E-state index in [9.17, 15) is 4.39 Å². The third-order valence-electron chi connectivity index (χ3n) is 3.87. The first-order valence-electron chi connectivity index (χ1n) is 8.38. The third-order valence-corrected chi connectivity index (χ3v) is 3.87. The van der Waals surface area contributed by atoms with Crippen LogP contribution in [0.5, 0.6) is 17.2 Å². The Morgan fingerprint density at radius 1 is 0.964 bits per heavy atom. The number of hydrogen-bond acceptors (Lipinski definition) is 8. The maximum atomic E-state index is 13.0. The Kier molecular flexibility index (Phi) is 6.05. The zero-order valence-corrected chi connectivity index (χ0v) is 15.7. The van der Waals surface area contributed by atoms with Crippen LogP contribution >= 0.6 is 0 Å². The summed E-state index contributed by atoms with van der Waals surface area (Å²) in [7, 11) is 4.62. The first-order valence-corrected chi connectivity index (χ1v) is 8.38. The molecule has 0 spiro atoms.